The van der Waals surface area contributed by atoms with Gasteiger partial charge in [0.2, 0.25) is 0 Å². The molecule has 0 saturated heterocycles. The second-order valence-corrected chi connectivity index (χ2v) is 4.95. The summed E-state index contributed by atoms with van der Waals surface area (Å²) in [6.07, 6.45) is 1.12. The molecule has 4 N–H and O–H groups in total. The first-order valence-corrected chi connectivity index (χ1v) is 6.57. The Balaban J connectivity index is 2.66. The first kappa shape index (κ1) is 15.6. The number of rotatable bonds is 7. The predicted molar refractivity (Wildman–Crippen MR) is 76.0 cm³/mol. The van der Waals surface area contributed by atoms with Crippen molar-refractivity contribution in [1.29, 1.82) is 0 Å². The van der Waals surface area contributed by atoms with E-state index in [1.54, 1.807) is 13.0 Å². The van der Waals surface area contributed by atoms with Crippen LogP contribution in [-0.2, 0) is 0 Å². The lowest BCUT2D eigenvalue weighted by Gasteiger charge is -2.15. The highest BCUT2D eigenvalue weighted by Crippen LogP contribution is 2.28. The Labute approximate surface area is 113 Å². The molecular formula is C14H23FN2O2. The predicted octanol–water partition coefficient (Wildman–Crippen LogP) is 2.77. The van der Waals surface area contributed by atoms with Crippen LogP contribution in [0.2, 0.25) is 0 Å². The summed E-state index contributed by atoms with van der Waals surface area (Å²) in [5.74, 6) is -0.261. The van der Waals surface area contributed by atoms with E-state index in [2.05, 4.69) is 5.32 Å². The first-order valence-electron chi connectivity index (χ1n) is 6.57. The molecule has 0 bridgehead atoms. The van der Waals surface area contributed by atoms with Crippen molar-refractivity contribution in [2.24, 2.45) is 0 Å². The number of ether oxygens (including phenoxy) is 1. The van der Waals surface area contributed by atoms with E-state index in [9.17, 15) is 4.39 Å². The molecule has 4 nitrogen and oxygen atoms in total. The molecule has 0 heterocycles. The van der Waals surface area contributed by atoms with Gasteiger partial charge in [-0.05, 0) is 33.6 Å². The van der Waals surface area contributed by atoms with Gasteiger partial charge in [0.15, 0.2) is 11.6 Å². The number of benzene rings is 1. The summed E-state index contributed by atoms with van der Waals surface area (Å²) in [5.41, 5.74) is 6.76. The van der Waals surface area contributed by atoms with Gasteiger partial charge in [0.1, 0.15) is 0 Å². The van der Waals surface area contributed by atoms with E-state index in [4.69, 9.17) is 15.6 Å². The maximum atomic E-state index is 13.6. The topological polar surface area (TPSA) is 67.5 Å². The molecule has 1 atom stereocenters. The van der Waals surface area contributed by atoms with Crippen molar-refractivity contribution in [2.75, 3.05) is 17.6 Å². The summed E-state index contributed by atoms with van der Waals surface area (Å²) in [7, 11) is 0. The highest BCUT2D eigenvalue weighted by Gasteiger charge is 2.10. The van der Waals surface area contributed by atoms with Crippen molar-refractivity contribution in [3.05, 3.63) is 17.9 Å². The van der Waals surface area contributed by atoms with Crippen LogP contribution in [0.5, 0.6) is 5.75 Å². The minimum absolute atomic E-state index is 0.0961. The largest absolute Gasteiger partial charge is 0.488 e. The zero-order valence-corrected chi connectivity index (χ0v) is 11.7. The summed E-state index contributed by atoms with van der Waals surface area (Å²) in [6.45, 7) is 6.10. The van der Waals surface area contributed by atoms with Crippen LogP contribution in [0.15, 0.2) is 12.1 Å². The fourth-order valence-electron chi connectivity index (χ4n) is 1.69. The normalized spacial score (nSPS) is 12.5. The summed E-state index contributed by atoms with van der Waals surface area (Å²) in [5, 5.41) is 12.3. The number of aliphatic hydroxyl groups is 1. The first-order chi connectivity index (χ1) is 8.90. The number of aliphatic hydroxyl groups excluding tert-OH is 1. The summed E-state index contributed by atoms with van der Waals surface area (Å²) < 4.78 is 19.0. The molecule has 108 valence electrons. The minimum Gasteiger partial charge on any atom is -0.488 e. The Hall–Kier alpha value is -1.49. The van der Waals surface area contributed by atoms with Crippen molar-refractivity contribution in [2.45, 2.75) is 45.8 Å². The number of anilines is 2. The van der Waals surface area contributed by atoms with Gasteiger partial charge in [-0.3, -0.25) is 0 Å². The van der Waals surface area contributed by atoms with Crippen LogP contribution < -0.4 is 15.8 Å². The number of halogens is 1. The number of nitrogens with one attached hydrogen (secondary N) is 1. The van der Waals surface area contributed by atoms with Gasteiger partial charge in [0, 0.05) is 18.7 Å². The van der Waals surface area contributed by atoms with Crippen molar-refractivity contribution < 1.29 is 14.2 Å². The smallest absolute Gasteiger partial charge is 0.167 e. The molecule has 0 saturated carbocycles. The van der Waals surface area contributed by atoms with E-state index >= 15 is 0 Å². The second-order valence-electron chi connectivity index (χ2n) is 4.95. The van der Waals surface area contributed by atoms with Crippen molar-refractivity contribution in [1.82, 2.24) is 0 Å². The van der Waals surface area contributed by atoms with E-state index in [1.165, 1.54) is 6.07 Å². The van der Waals surface area contributed by atoms with Crippen LogP contribution in [0.1, 0.15) is 33.6 Å². The molecule has 0 aliphatic carbocycles. The van der Waals surface area contributed by atoms with Crippen LogP contribution in [0.25, 0.3) is 0 Å². The highest BCUT2D eigenvalue weighted by atomic mass is 19.1. The zero-order valence-electron chi connectivity index (χ0n) is 11.7. The van der Waals surface area contributed by atoms with Gasteiger partial charge in [-0.15, -0.1) is 0 Å². The fraction of sp³-hybridized carbons (Fsp3) is 0.571. The molecule has 0 aliphatic heterocycles. The van der Waals surface area contributed by atoms with Gasteiger partial charge in [-0.1, -0.05) is 0 Å². The lowest BCUT2D eigenvalue weighted by Crippen LogP contribution is -2.10. The zero-order chi connectivity index (χ0) is 14.4. The lowest BCUT2D eigenvalue weighted by molar-refractivity contribution is 0.183. The van der Waals surface area contributed by atoms with Crippen LogP contribution in [-0.4, -0.2) is 23.9 Å². The van der Waals surface area contributed by atoms with Gasteiger partial charge < -0.3 is 20.9 Å². The van der Waals surface area contributed by atoms with Crippen molar-refractivity contribution >= 4 is 11.4 Å². The Morgan fingerprint density at radius 2 is 2.05 bits per heavy atom. The maximum Gasteiger partial charge on any atom is 0.167 e. The van der Waals surface area contributed by atoms with E-state index in [-0.39, 0.29) is 18.0 Å². The molecule has 1 rings (SSSR count). The van der Waals surface area contributed by atoms with E-state index in [0.29, 0.717) is 24.3 Å². The second kappa shape index (κ2) is 7.19. The van der Waals surface area contributed by atoms with Crippen molar-refractivity contribution in [3.63, 3.8) is 0 Å². The van der Waals surface area contributed by atoms with E-state index in [0.717, 1.165) is 6.42 Å². The van der Waals surface area contributed by atoms with Crippen LogP contribution in [0.4, 0.5) is 15.8 Å². The number of nitrogen functional groups attached to an aromatic ring is 1. The van der Waals surface area contributed by atoms with Crippen LogP contribution in [0, 0.1) is 5.82 Å². The number of hydrogen-bond donors (Lipinski definition) is 3. The van der Waals surface area contributed by atoms with Crippen LogP contribution >= 0.6 is 0 Å². The Morgan fingerprint density at radius 3 is 2.63 bits per heavy atom. The monoisotopic (exact) mass is 270 g/mol. The standard InChI is InChI=1S/C14H23FN2O2/c1-9(2)19-14-8-13(12(16)7-11(14)15)17-6-4-5-10(3)18/h7-10,17-18H,4-6,16H2,1-3H3. The van der Waals surface area contributed by atoms with Gasteiger partial charge in [0.05, 0.1) is 23.6 Å². The molecule has 0 radical (unpaired) electrons. The molecule has 1 aromatic rings. The Bertz CT molecular complexity index is 409. The maximum absolute atomic E-state index is 13.6. The molecule has 0 amide bonds. The van der Waals surface area contributed by atoms with Gasteiger partial charge in [0.25, 0.3) is 0 Å². The third-order valence-corrected chi connectivity index (χ3v) is 2.58. The van der Waals surface area contributed by atoms with E-state index < -0.39 is 5.82 Å². The SMILES string of the molecule is CC(O)CCCNc1cc(OC(C)C)c(F)cc1N. The quantitative estimate of drug-likeness (QED) is 0.526. The number of hydrogen-bond acceptors (Lipinski definition) is 4. The van der Waals surface area contributed by atoms with Crippen molar-refractivity contribution in [3.8, 4) is 5.75 Å². The molecule has 19 heavy (non-hydrogen) atoms. The average Bonchev–Trinajstić information content (AvgIpc) is 2.29. The van der Waals surface area contributed by atoms with Gasteiger partial charge in [-0.25, -0.2) is 4.39 Å². The van der Waals surface area contributed by atoms with Gasteiger partial charge >= 0.3 is 0 Å². The minimum atomic E-state index is -0.458. The molecule has 0 spiro atoms. The molecule has 5 heteroatoms. The molecule has 0 aliphatic rings. The Morgan fingerprint density at radius 1 is 1.37 bits per heavy atom. The molecule has 1 aromatic carbocycles. The summed E-state index contributed by atoms with van der Waals surface area (Å²) in [4.78, 5) is 0. The van der Waals surface area contributed by atoms with E-state index in [1.807, 2.05) is 13.8 Å². The summed E-state index contributed by atoms with van der Waals surface area (Å²) in [6, 6.07) is 2.84. The Kier molecular flexibility index (Phi) is 5.89. The molecule has 0 aromatic heterocycles. The third kappa shape index (κ3) is 5.34. The molecule has 0 fully saturated rings. The lowest BCUT2D eigenvalue weighted by atomic mass is 10.2. The highest BCUT2D eigenvalue weighted by molar-refractivity contribution is 5.68. The van der Waals surface area contributed by atoms with Crippen LogP contribution in [0.3, 0.4) is 0 Å². The van der Waals surface area contributed by atoms with Gasteiger partial charge in [-0.2, -0.15) is 0 Å². The average molecular weight is 270 g/mol. The fourth-order valence-corrected chi connectivity index (χ4v) is 1.69. The molecular weight excluding hydrogens is 247 g/mol. The third-order valence-electron chi connectivity index (χ3n) is 2.58. The summed E-state index contributed by atoms with van der Waals surface area (Å²) >= 11 is 0. The molecule has 1 unspecified atom stereocenters. The number of nitrogens with two attached hydrogens (primary N) is 1.